The Morgan fingerprint density at radius 3 is 2.59 bits per heavy atom. The summed E-state index contributed by atoms with van der Waals surface area (Å²) in [4.78, 5) is 10.6. The Morgan fingerprint density at radius 2 is 1.94 bits per heavy atom. The molecule has 0 aromatic heterocycles. The Hall–Kier alpha value is -3.09. The Balaban J connectivity index is 1.93. The first-order chi connectivity index (χ1) is 15.4. The van der Waals surface area contributed by atoms with Crippen LogP contribution in [0.15, 0.2) is 60.7 Å². The molecule has 162 valence electrons. The summed E-state index contributed by atoms with van der Waals surface area (Å²) < 4.78 is 12.6. The molecule has 0 spiro atoms. The molecular formula is C24H18ClIN2O4. The van der Waals surface area contributed by atoms with Crippen molar-refractivity contribution in [3.05, 3.63) is 96.1 Å². The first kappa shape index (κ1) is 23.6. The van der Waals surface area contributed by atoms with Crippen LogP contribution in [0.2, 0.25) is 5.02 Å². The number of rotatable bonds is 8. The van der Waals surface area contributed by atoms with Gasteiger partial charge in [-0.25, -0.2) is 0 Å². The number of nitriles is 1. The van der Waals surface area contributed by atoms with Crippen LogP contribution >= 0.6 is 34.2 Å². The fourth-order valence-electron chi connectivity index (χ4n) is 2.94. The highest BCUT2D eigenvalue weighted by molar-refractivity contribution is 14.1. The van der Waals surface area contributed by atoms with Crippen molar-refractivity contribution in [1.82, 2.24) is 0 Å². The number of allylic oxidation sites excluding steroid dienone is 1. The summed E-state index contributed by atoms with van der Waals surface area (Å²) >= 11 is 8.10. The zero-order chi connectivity index (χ0) is 23.1. The largest absolute Gasteiger partial charge is 0.490 e. The van der Waals surface area contributed by atoms with Gasteiger partial charge in [0.1, 0.15) is 6.61 Å². The predicted octanol–water partition coefficient (Wildman–Crippen LogP) is 6.89. The van der Waals surface area contributed by atoms with Gasteiger partial charge in [-0.05, 0) is 76.5 Å². The van der Waals surface area contributed by atoms with Crippen molar-refractivity contribution in [2.75, 3.05) is 6.61 Å². The van der Waals surface area contributed by atoms with E-state index in [1.807, 2.05) is 25.1 Å². The second-order valence-corrected chi connectivity index (χ2v) is 8.25. The van der Waals surface area contributed by atoms with Crippen LogP contribution in [0.25, 0.3) is 11.6 Å². The van der Waals surface area contributed by atoms with E-state index in [4.69, 9.17) is 21.1 Å². The molecule has 0 amide bonds. The van der Waals surface area contributed by atoms with Crippen LogP contribution in [0.3, 0.4) is 0 Å². The maximum Gasteiger partial charge on any atom is 0.270 e. The molecule has 8 heteroatoms. The number of nitrogens with zero attached hydrogens (tertiary/aromatic N) is 2. The minimum absolute atomic E-state index is 0.0702. The summed E-state index contributed by atoms with van der Waals surface area (Å²) in [6.07, 6.45) is 1.67. The van der Waals surface area contributed by atoms with Crippen LogP contribution in [-0.2, 0) is 6.61 Å². The number of nitro benzene ring substituents is 1. The molecule has 0 saturated carbocycles. The van der Waals surface area contributed by atoms with E-state index in [2.05, 4.69) is 28.7 Å². The Kier molecular flexibility index (Phi) is 8.09. The van der Waals surface area contributed by atoms with Crippen molar-refractivity contribution in [2.24, 2.45) is 0 Å². The Labute approximate surface area is 204 Å². The van der Waals surface area contributed by atoms with Crippen molar-refractivity contribution in [3.8, 4) is 17.6 Å². The van der Waals surface area contributed by atoms with Gasteiger partial charge in [-0.15, -0.1) is 0 Å². The molecule has 0 radical (unpaired) electrons. The molecule has 0 saturated heterocycles. The second kappa shape index (κ2) is 11.0. The summed E-state index contributed by atoms with van der Waals surface area (Å²) in [6.45, 7) is 2.66. The number of halogens is 2. The molecule has 0 unspecified atom stereocenters. The minimum atomic E-state index is -0.485. The van der Waals surface area contributed by atoms with Crippen LogP contribution in [0.4, 0.5) is 5.69 Å². The van der Waals surface area contributed by atoms with Gasteiger partial charge in [-0.1, -0.05) is 35.9 Å². The molecule has 0 atom stereocenters. The molecule has 6 nitrogen and oxygen atoms in total. The lowest BCUT2D eigenvalue weighted by Gasteiger charge is -2.15. The Bertz CT molecular complexity index is 1200. The highest BCUT2D eigenvalue weighted by atomic mass is 127. The third-order valence-corrected chi connectivity index (χ3v) is 5.48. The third-order valence-electron chi connectivity index (χ3n) is 4.43. The van der Waals surface area contributed by atoms with E-state index >= 15 is 0 Å². The third kappa shape index (κ3) is 5.99. The predicted molar refractivity (Wildman–Crippen MR) is 133 cm³/mol. The molecule has 3 aromatic rings. The average Bonchev–Trinajstić information content (AvgIpc) is 2.78. The van der Waals surface area contributed by atoms with Gasteiger partial charge in [0.2, 0.25) is 0 Å². The highest BCUT2D eigenvalue weighted by Gasteiger charge is 2.14. The standard InChI is InChI=1S/C24H18ClIN2O4/c1-2-31-23-12-17(10-19(14-27)18-4-3-5-21(13-18)28(29)30)11-22(26)24(23)32-15-16-6-8-20(25)9-7-16/h3-13H,2,15H2,1H3/b19-10-. The number of hydrogen-bond acceptors (Lipinski definition) is 5. The molecule has 32 heavy (non-hydrogen) atoms. The van der Waals surface area contributed by atoms with Crippen molar-refractivity contribution in [2.45, 2.75) is 13.5 Å². The molecule has 0 fully saturated rings. The first-order valence-corrected chi connectivity index (χ1v) is 11.1. The van der Waals surface area contributed by atoms with E-state index < -0.39 is 4.92 Å². The SMILES string of the molecule is CCOc1cc(/C=C(/C#N)c2cccc([N+](=O)[O-])c2)cc(I)c1OCc1ccc(Cl)cc1. The van der Waals surface area contributed by atoms with Gasteiger partial charge in [0, 0.05) is 17.2 Å². The molecular weight excluding hydrogens is 543 g/mol. The zero-order valence-electron chi connectivity index (χ0n) is 17.0. The van der Waals surface area contributed by atoms with Crippen LogP contribution in [0.5, 0.6) is 11.5 Å². The van der Waals surface area contributed by atoms with Gasteiger partial charge in [-0.3, -0.25) is 10.1 Å². The number of nitro groups is 1. The zero-order valence-corrected chi connectivity index (χ0v) is 20.0. The van der Waals surface area contributed by atoms with Gasteiger partial charge in [-0.2, -0.15) is 5.26 Å². The van der Waals surface area contributed by atoms with Gasteiger partial charge in [0.15, 0.2) is 11.5 Å². The minimum Gasteiger partial charge on any atom is -0.490 e. The Morgan fingerprint density at radius 1 is 1.19 bits per heavy atom. The molecule has 3 rings (SSSR count). The maximum absolute atomic E-state index is 11.1. The van der Waals surface area contributed by atoms with E-state index in [0.29, 0.717) is 40.9 Å². The smallest absolute Gasteiger partial charge is 0.270 e. The lowest BCUT2D eigenvalue weighted by Crippen LogP contribution is -2.02. The van der Waals surface area contributed by atoms with Gasteiger partial charge < -0.3 is 9.47 Å². The molecule has 0 N–H and O–H groups in total. The van der Waals surface area contributed by atoms with Crippen LogP contribution < -0.4 is 9.47 Å². The van der Waals surface area contributed by atoms with Crippen molar-refractivity contribution in [1.29, 1.82) is 5.26 Å². The lowest BCUT2D eigenvalue weighted by atomic mass is 10.0. The topological polar surface area (TPSA) is 85.4 Å². The lowest BCUT2D eigenvalue weighted by molar-refractivity contribution is -0.384. The molecule has 0 aliphatic carbocycles. The van der Waals surface area contributed by atoms with E-state index in [9.17, 15) is 15.4 Å². The van der Waals surface area contributed by atoms with E-state index in [1.165, 1.54) is 12.1 Å². The summed E-state index contributed by atoms with van der Waals surface area (Å²) in [5.74, 6) is 1.16. The van der Waals surface area contributed by atoms with Crippen LogP contribution in [-0.4, -0.2) is 11.5 Å². The molecule has 0 aliphatic heterocycles. The summed E-state index contributed by atoms with van der Waals surface area (Å²) in [5, 5.41) is 21.4. The van der Waals surface area contributed by atoms with E-state index in [1.54, 1.807) is 36.4 Å². The summed E-state index contributed by atoms with van der Waals surface area (Å²) in [7, 11) is 0. The van der Waals surface area contributed by atoms with Gasteiger partial charge in [0.25, 0.3) is 5.69 Å². The van der Waals surface area contributed by atoms with E-state index in [0.717, 1.165) is 14.7 Å². The van der Waals surface area contributed by atoms with Crippen LogP contribution in [0, 0.1) is 25.0 Å². The first-order valence-electron chi connectivity index (χ1n) is 9.61. The van der Waals surface area contributed by atoms with Crippen molar-refractivity contribution >= 4 is 51.5 Å². The fraction of sp³-hybridized carbons (Fsp3) is 0.125. The van der Waals surface area contributed by atoms with E-state index in [-0.39, 0.29) is 5.69 Å². The van der Waals surface area contributed by atoms with Crippen LogP contribution in [0.1, 0.15) is 23.6 Å². The highest BCUT2D eigenvalue weighted by Crippen LogP contribution is 2.36. The molecule has 0 bridgehead atoms. The number of ether oxygens (including phenoxy) is 2. The normalized spacial score (nSPS) is 11.0. The molecule has 3 aromatic carbocycles. The monoisotopic (exact) mass is 560 g/mol. The van der Waals surface area contributed by atoms with Crippen molar-refractivity contribution in [3.63, 3.8) is 0 Å². The quantitative estimate of drug-likeness (QED) is 0.0984. The van der Waals surface area contributed by atoms with Gasteiger partial charge in [0.05, 0.1) is 26.7 Å². The number of hydrogen-bond donors (Lipinski definition) is 0. The maximum atomic E-state index is 11.1. The second-order valence-electron chi connectivity index (χ2n) is 6.66. The van der Waals surface area contributed by atoms with Crippen molar-refractivity contribution < 1.29 is 14.4 Å². The number of benzene rings is 3. The fourth-order valence-corrected chi connectivity index (χ4v) is 3.85. The molecule has 0 aliphatic rings. The summed E-state index contributed by atoms with van der Waals surface area (Å²) in [6, 6.07) is 19.2. The summed E-state index contributed by atoms with van der Waals surface area (Å²) in [5.41, 5.74) is 2.40. The molecule has 0 heterocycles. The average molecular weight is 561 g/mol. The number of non-ortho nitro benzene ring substituents is 1. The van der Waals surface area contributed by atoms with Gasteiger partial charge >= 0.3 is 0 Å².